The molecular formula is C12H20N4O4S. The van der Waals surface area contributed by atoms with E-state index in [1.165, 1.54) is 4.31 Å². The molecule has 1 fully saturated rings. The summed E-state index contributed by atoms with van der Waals surface area (Å²) in [5.74, 6) is -0.404. The summed E-state index contributed by atoms with van der Waals surface area (Å²) in [6.07, 6.45) is 1.31. The van der Waals surface area contributed by atoms with Crippen molar-refractivity contribution in [3.63, 3.8) is 0 Å². The summed E-state index contributed by atoms with van der Waals surface area (Å²) in [6, 6.07) is 1.36. The van der Waals surface area contributed by atoms with Gasteiger partial charge in [0.15, 0.2) is 0 Å². The molecule has 0 radical (unpaired) electrons. The molecule has 1 aromatic rings. The average Bonchev–Trinajstić information content (AvgIpc) is 2.81. The molecule has 0 aromatic carbocycles. The van der Waals surface area contributed by atoms with Gasteiger partial charge < -0.3 is 15.6 Å². The smallest absolute Gasteiger partial charge is 0.232 e. The van der Waals surface area contributed by atoms with Crippen LogP contribution in [-0.2, 0) is 20.6 Å². The predicted molar refractivity (Wildman–Crippen MR) is 75.7 cm³/mol. The molecule has 0 spiro atoms. The van der Waals surface area contributed by atoms with Gasteiger partial charge in [-0.3, -0.25) is 4.79 Å². The highest BCUT2D eigenvalue weighted by atomic mass is 32.2. The van der Waals surface area contributed by atoms with Crippen LogP contribution in [0, 0.1) is 6.92 Å². The van der Waals surface area contributed by atoms with Gasteiger partial charge in [-0.25, -0.2) is 8.42 Å². The molecule has 1 aromatic heterocycles. The van der Waals surface area contributed by atoms with Crippen LogP contribution in [0.1, 0.15) is 24.3 Å². The Bertz CT molecular complexity index is 592. The van der Waals surface area contributed by atoms with E-state index in [4.69, 9.17) is 10.3 Å². The number of aryl methyl sites for hydroxylation is 1. The largest absolute Gasteiger partial charge is 0.369 e. The van der Waals surface area contributed by atoms with Crippen molar-refractivity contribution < 1.29 is 17.7 Å². The Kier molecular flexibility index (Phi) is 4.96. The molecule has 2 heterocycles. The van der Waals surface area contributed by atoms with Crippen LogP contribution in [0.2, 0.25) is 0 Å². The van der Waals surface area contributed by atoms with Crippen molar-refractivity contribution in [2.45, 2.75) is 31.6 Å². The van der Waals surface area contributed by atoms with Gasteiger partial charge in [-0.2, -0.15) is 4.31 Å². The SMILES string of the molecule is Cc1cc(CS(=O)(=O)N(CC(N)=O)C2CCNCC2)no1. The third-order valence-electron chi connectivity index (χ3n) is 3.39. The third kappa shape index (κ3) is 4.26. The van der Waals surface area contributed by atoms with Crippen LogP contribution in [-0.4, -0.2) is 49.5 Å². The Balaban J connectivity index is 2.18. The zero-order valence-corrected chi connectivity index (χ0v) is 12.7. The van der Waals surface area contributed by atoms with Crippen molar-refractivity contribution in [1.82, 2.24) is 14.8 Å². The molecule has 1 aliphatic rings. The van der Waals surface area contributed by atoms with Crippen molar-refractivity contribution in [3.05, 3.63) is 17.5 Å². The number of hydrogen-bond donors (Lipinski definition) is 2. The van der Waals surface area contributed by atoms with Gasteiger partial charge >= 0.3 is 0 Å². The highest BCUT2D eigenvalue weighted by Gasteiger charge is 2.32. The lowest BCUT2D eigenvalue weighted by Crippen LogP contribution is -2.49. The van der Waals surface area contributed by atoms with E-state index >= 15 is 0 Å². The zero-order valence-electron chi connectivity index (χ0n) is 11.9. The fraction of sp³-hybridized carbons (Fsp3) is 0.667. The fourth-order valence-electron chi connectivity index (χ4n) is 2.46. The number of primary amides is 1. The lowest BCUT2D eigenvalue weighted by molar-refractivity contribution is -0.118. The predicted octanol–water partition coefficient (Wildman–Crippen LogP) is -0.648. The van der Waals surface area contributed by atoms with E-state index < -0.39 is 15.9 Å². The number of sulfonamides is 1. The molecule has 0 saturated carbocycles. The van der Waals surface area contributed by atoms with E-state index in [0.29, 0.717) is 24.3 Å². The second-order valence-electron chi connectivity index (χ2n) is 5.18. The summed E-state index contributed by atoms with van der Waals surface area (Å²) in [5, 5.41) is 6.86. The molecule has 0 unspecified atom stereocenters. The Morgan fingerprint density at radius 1 is 1.52 bits per heavy atom. The molecule has 1 amide bonds. The normalized spacial score (nSPS) is 17.2. The summed E-state index contributed by atoms with van der Waals surface area (Å²) >= 11 is 0. The molecule has 1 saturated heterocycles. The van der Waals surface area contributed by atoms with Gasteiger partial charge in [0, 0.05) is 12.1 Å². The summed E-state index contributed by atoms with van der Waals surface area (Å²) in [6.45, 7) is 2.83. The zero-order chi connectivity index (χ0) is 15.5. The number of hydrogen-bond acceptors (Lipinski definition) is 6. The van der Waals surface area contributed by atoms with Crippen molar-refractivity contribution in [1.29, 1.82) is 0 Å². The number of amides is 1. The lowest BCUT2D eigenvalue weighted by Gasteiger charge is -2.32. The minimum atomic E-state index is -3.67. The van der Waals surface area contributed by atoms with Crippen LogP contribution >= 0.6 is 0 Å². The highest BCUT2D eigenvalue weighted by molar-refractivity contribution is 7.88. The molecule has 3 N–H and O–H groups in total. The minimum absolute atomic E-state index is 0.211. The van der Waals surface area contributed by atoms with E-state index in [1.54, 1.807) is 13.0 Å². The monoisotopic (exact) mass is 316 g/mol. The summed E-state index contributed by atoms with van der Waals surface area (Å²) in [7, 11) is -3.67. The van der Waals surface area contributed by atoms with Gasteiger partial charge in [0.05, 0.1) is 6.54 Å². The van der Waals surface area contributed by atoms with E-state index in [0.717, 1.165) is 13.1 Å². The Hall–Kier alpha value is -1.45. The number of carbonyl (C=O) groups is 1. The molecular weight excluding hydrogens is 296 g/mol. The van der Waals surface area contributed by atoms with Crippen LogP contribution in [0.15, 0.2) is 10.6 Å². The minimum Gasteiger partial charge on any atom is -0.369 e. The average molecular weight is 316 g/mol. The van der Waals surface area contributed by atoms with E-state index in [9.17, 15) is 13.2 Å². The molecule has 9 heteroatoms. The third-order valence-corrected chi connectivity index (χ3v) is 5.19. The molecule has 1 aliphatic heterocycles. The maximum Gasteiger partial charge on any atom is 0.232 e. The highest BCUT2D eigenvalue weighted by Crippen LogP contribution is 2.19. The van der Waals surface area contributed by atoms with Gasteiger partial charge in [0.1, 0.15) is 17.2 Å². The summed E-state index contributed by atoms with van der Waals surface area (Å²) < 4.78 is 31.2. The number of nitrogens with two attached hydrogens (primary N) is 1. The molecule has 0 bridgehead atoms. The van der Waals surface area contributed by atoms with Crippen LogP contribution < -0.4 is 11.1 Å². The number of carbonyl (C=O) groups excluding carboxylic acids is 1. The maximum absolute atomic E-state index is 12.6. The van der Waals surface area contributed by atoms with Crippen molar-refractivity contribution in [3.8, 4) is 0 Å². The van der Waals surface area contributed by atoms with Gasteiger partial charge in [0.25, 0.3) is 0 Å². The topological polar surface area (TPSA) is 119 Å². The number of nitrogens with one attached hydrogen (secondary N) is 1. The molecule has 0 aliphatic carbocycles. The Morgan fingerprint density at radius 3 is 2.71 bits per heavy atom. The van der Waals surface area contributed by atoms with E-state index in [2.05, 4.69) is 10.5 Å². The van der Waals surface area contributed by atoms with Crippen LogP contribution in [0.25, 0.3) is 0 Å². The van der Waals surface area contributed by atoms with Crippen molar-refractivity contribution in [2.24, 2.45) is 5.73 Å². The van der Waals surface area contributed by atoms with Gasteiger partial charge in [0.2, 0.25) is 15.9 Å². The Morgan fingerprint density at radius 2 is 2.19 bits per heavy atom. The van der Waals surface area contributed by atoms with Crippen LogP contribution in [0.3, 0.4) is 0 Å². The second kappa shape index (κ2) is 6.54. The first-order valence-corrected chi connectivity index (χ1v) is 8.40. The first-order chi connectivity index (χ1) is 9.88. The van der Waals surface area contributed by atoms with Crippen LogP contribution in [0.5, 0.6) is 0 Å². The van der Waals surface area contributed by atoms with Crippen molar-refractivity contribution >= 4 is 15.9 Å². The van der Waals surface area contributed by atoms with Crippen molar-refractivity contribution in [2.75, 3.05) is 19.6 Å². The summed E-state index contributed by atoms with van der Waals surface area (Å²) in [4.78, 5) is 11.2. The first kappa shape index (κ1) is 15.9. The molecule has 118 valence electrons. The van der Waals surface area contributed by atoms with E-state index in [-0.39, 0.29) is 18.3 Å². The number of rotatable bonds is 6. The molecule has 0 atom stereocenters. The quantitative estimate of drug-likeness (QED) is 0.720. The molecule has 21 heavy (non-hydrogen) atoms. The van der Waals surface area contributed by atoms with E-state index in [1.807, 2.05) is 0 Å². The molecule has 2 rings (SSSR count). The standard InChI is InChI=1S/C12H20N4O4S/c1-9-6-10(15-20-9)8-21(18,19)16(7-12(13)17)11-2-4-14-5-3-11/h6,11,14H,2-5,7-8H2,1H3,(H2,13,17). The van der Waals surface area contributed by atoms with Gasteiger partial charge in [-0.15, -0.1) is 0 Å². The van der Waals surface area contributed by atoms with Gasteiger partial charge in [-0.1, -0.05) is 5.16 Å². The fourth-order valence-corrected chi connectivity index (χ4v) is 4.12. The number of nitrogens with zero attached hydrogens (tertiary/aromatic N) is 2. The van der Waals surface area contributed by atoms with Gasteiger partial charge in [-0.05, 0) is 32.9 Å². The Labute approximate surface area is 123 Å². The second-order valence-corrected chi connectivity index (χ2v) is 7.10. The lowest BCUT2D eigenvalue weighted by atomic mass is 10.1. The number of aromatic nitrogens is 1. The van der Waals surface area contributed by atoms with Crippen LogP contribution in [0.4, 0.5) is 0 Å². The molecule has 8 nitrogen and oxygen atoms in total. The number of piperidine rings is 1. The first-order valence-electron chi connectivity index (χ1n) is 6.79. The maximum atomic E-state index is 12.6. The summed E-state index contributed by atoms with van der Waals surface area (Å²) in [5.41, 5.74) is 5.53.